The quantitative estimate of drug-likeness (QED) is 0.730. The van der Waals surface area contributed by atoms with Gasteiger partial charge in [-0.05, 0) is 35.2 Å². The maximum atomic E-state index is 13.8. The molecule has 0 fully saturated rings. The van der Waals surface area contributed by atoms with Gasteiger partial charge in [0.2, 0.25) is 6.36 Å². The van der Waals surface area contributed by atoms with Gasteiger partial charge in [-0.1, -0.05) is 57.2 Å². The Morgan fingerprint density at radius 1 is 0.955 bits per heavy atom. The van der Waals surface area contributed by atoms with Crippen LogP contribution in [0.4, 0.5) is 8.78 Å². The molecule has 2 aromatic carbocycles. The Kier molecular flexibility index (Phi) is 5.30. The fourth-order valence-corrected chi connectivity index (χ4v) is 2.09. The standard InChI is InChI=1S/C19H22F2O/c1-19(2,3)18(21)22-13-16-6-4-5-15(12-16)11-14-7-9-17(20)10-8-14/h4-10,12,18H,11,13H2,1-3H3. The summed E-state index contributed by atoms with van der Waals surface area (Å²) in [5.74, 6) is -0.234. The van der Waals surface area contributed by atoms with Crippen LogP contribution >= 0.6 is 0 Å². The van der Waals surface area contributed by atoms with E-state index in [2.05, 4.69) is 0 Å². The minimum absolute atomic E-state index is 0.234. The maximum absolute atomic E-state index is 13.8. The number of rotatable bonds is 5. The molecule has 0 radical (unpaired) electrons. The number of alkyl halides is 1. The summed E-state index contributed by atoms with van der Waals surface area (Å²) in [6, 6.07) is 14.3. The van der Waals surface area contributed by atoms with Crippen LogP contribution in [0.25, 0.3) is 0 Å². The second-order valence-electron chi connectivity index (χ2n) is 6.62. The van der Waals surface area contributed by atoms with Crippen molar-refractivity contribution in [3.05, 3.63) is 71.0 Å². The monoisotopic (exact) mass is 304 g/mol. The molecular formula is C19H22F2O. The number of halogens is 2. The normalized spacial score (nSPS) is 13.1. The van der Waals surface area contributed by atoms with Crippen molar-refractivity contribution in [3.8, 4) is 0 Å². The molecule has 2 aromatic rings. The van der Waals surface area contributed by atoms with E-state index in [1.807, 2.05) is 45.0 Å². The number of hydrogen-bond donors (Lipinski definition) is 0. The Morgan fingerprint density at radius 2 is 1.59 bits per heavy atom. The van der Waals surface area contributed by atoms with Gasteiger partial charge in [0.05, 0.1) is 6.61 Å². The largest absolute Gasteiger partial charge is 0.343 e. The van der Waals surface area contributed by atoms with Crippen LogP contribution in [0.2, 0.25) is 0 Å². The van der Waals surface area contributed by atoms with Crippen molar-refractivity contribution in [2.45, 2.75) is 40.2 Å². The molecule has 0 aliphatic rings. The summed E-state index contributed by atoms with van der Waals surface area (Å²) in [6.07, 6.45) is -0.583. The highest BCUT2D eigenvalue weighted by molar-refractivity contribution is 5.29. The molecule has 3 heteroatoms. The SMILES string of the molecule is CC(C)(C)C(F)OCc1cccc(Cc2ccc(F)cc2)c1. The summed E-state index contributed by atoms with van der Waals surface area (Å²) in [5.41, 5.74) is 2.55. The van der Waals surface area contributed by atoms with Gasteiger partial charge in [0, 0.05) is 5.41 Å². The van der Waals surface area contributed by atoms with E-state index >= 15 is 0 Å². The van der Waals surface area contributed by atoms with Gasteiger partial charge in [0.1, 0.15) is 5.82 Å². The van der Waals surface area contributed by atoms with Crippen LogP contribution in [-0.2, 0) is 17.8 Å². The lowest BCUT2D eigenvalue weighted by Crippen LogP contribution is -2.24. The molecule has 0 spiro atoms. The average Bonchev–Trinajstić information content (AvgIpc) is 2.46. The van der Waals surface area contributed by atoms with E-state index in [0.29, 0.717) is 6.42 Å². The molecule has 0 saturated heterocycles. The number of hydrogen-bond acceptors (Lipinski definition) is 1. The lowest BCUT2D eigenvalue weighted by Gasteiger charge is -2.23. The van der Waals surface area contributed by atoms with Gasteiger partial charge >= 0.3 is 0 Å². The zero-order valence-corrected chi connectivity index (χ0v) is 13.3. The molecule has 1 atom stereocenters. The third kappa shape index (κ3) is 4.92. The minimum atomic E-state index is -1.30. The second-order valence-corrected chi connectivity index (χ2v) is 6.62. The van der Waals surface area contributed by atoms with Crippen molar-refractivity contribution >= 4 is 0 Å². The molecule has 0 N–H and O–H groups in total. The third-order valence-electron chi connectivity index (χ3n) is 3.39. The van der Waals surface area contributed by atoms with Gasteiger partial charge < -0.3 is 4.74 Å². The van der Waals surface area contributed by atoms with Crippen LogP contribution in [0, 0.1) is 11.2 Å². The summed E-state index contributed by atoms with van der Waals surface area (Å²) < 4.78 is 32.0. The van der Waals surface area contributed by atoms with Crippen molar-refractivity contribution in [2.75, 3.05) is 0 Å². The Balaban J connectivity index is 1.99. The van der Waals surface area contributed by atoms with Crippen LogP contribution in [0.3, 0.4) is 0 Å². The molecule has 0 bridgehead atoms. The molecule has 0 aromatic heterocycles. The van der Waals surface area contributed by atoms with E-state index in [-0.39, 0.29) is 12.4 Å². The first kappa shape index (κ1) is 16.6. The Labute approximate surface area is 130 Å². The Bertz CT molecular complexity index is 600. The molecule has 0 heterocycles. The van der Waals surface area contributed by atoms with Crippen molar-refractivity contribution < 1.29 is 13.5 Å². The summed E-state index contributed by atoms with van der Waals surface area (Å²) in [5, 5.41) is 0. The van der Waals surface area contributed by atoms with Crippen LogP contribution in [-0.4, -0.2) is 6.36 Å². The molecule has 0 amide bonds. The molecule has 0 aliphatic carbocycles. The zero-order valence-electron chi connectivity index (χ0n) is 13.3. The van der Waals surface area contributed by atoms with E-state index in [4.69, 9.17) is 4.74 Å². The first-order valence-electron chi connectivity index (χ1n) is 7.42. The van der Waals surface area contributed by atoms with E-state index in [1.165, 1.54) is 12.1 Å². The highest BCUT2D eigenvalue weighted by atomic mass is 19.1. The lowest BCUT2D eigenvalue weighted by atomic mass is 9.97. The van der Waals surface area contributed by atoms with Crippen LogP contribution in [0.15, 0.2) is 48.5 Å². The third-order valence-corrected chi connectivity index (χ3v) is 3.39. The average molecular weight is 304 g/mol. The molecule has 118 valence electrons. The second kappa shape index (κ2) is 7.01. The van der Waals surface area contributed by atoms with Crippen molar-refractivity contribution in [3.63, 3.8) is 0 Å². The molecule has 1 unspecified atom stereocenters. The van der Waals surface area contributed by atoms with Crippen molar-refractivity contribution in [1.82, 2.24) is 0 Å². The summed E-state index contributed by atoms with van der Waals surface area (Å²) >= 11 is 0. The van der Waals surface area contributed by atoms with Crippen LogP contribution in [0.5, 0.6) is 0 Å². The summed E-state index contributed by atoms with van der Waals surface area (Å²) in [6.45, 7) is 5.67. The van der Waals surface area contributed by atoms with E-state index in [0.717, 1.165) is 16.7 Å². The fourth-order valence-electron chi connectivity index (χ4n) is 2.09. The smallest absolute Gasteiger partial charge is 0.203 e. The van der Waals surface area contributed by atoms with Gasteiger partial charge in [0.15, 0.2) is 0 Å². The highest BCUT2D eigenvalue weighted by Crippen LogP contribution is 2.24. The first-order valence-corrected chi connectivity index (χ1v) is 7.42. The highest BCUT2D eigenvalue weighted by Gasteiger charge is 2.24. The Morgan fingerprint density at radius 3 is 2.23 bits per heavy atom. The molecule has 0 saturated carbocycles. The zero-order chi connectivity index (χ0) is 16.2. The van der Waals surface area contributed by atoms with Crippen molar-refractivity contribution in [1.29, 1.82) is 0 Å². The maximum Gasteiger partial charge on any atom is 0.203 e. The topological polar surface area (TPSA) is 9.23 Å². The predicted molar refractivity (Wildman–Crippen MR) is 84.8 cm³/mol. The summed E-state index contributed by atoms with van der Waals surface area (Å²) in [4.78, 5) is 0. The van der Waals surface area contributed by atoms with E-state index in [9.17, 15) is 8.78 Å². The molecule has 1 nitrogen and oxygen atoms in total. The number of benzene rings is 2. The van der Waals surface area contributed by atoms with Gasteiger partial charge in [-0.15, -0.1) is 0 Å². The molecule has 0 aliphatic heterocycles. The van der Waals surface area contributed by atoms with Gasteiger partial charge in [0.25, 0.3) is 0 Å². The first-order chi connectivity index (χ1) is 10.3. The van der Waals surface area contributed by atoms with E-state index < -0.39 is 11.8 Å². The van der Waals surface area contributed by atoms with Crippen LogP contribution in [0.1, 0.15) is 37.5 Å². The molecule has 2 rings (SSSR count). The van der Waals surface area contributed by atoms with Gasteiger partial charge in [-0.3, -0.25) is 0 Å². The Hall–Kier alpha value is -1.74. The van der Waals surface area contributed by atoms with Gasteiger partial charge in [-0.25, -0.2) is 8.78 Å². The minimum Gasteiger partial charge on any atom is -0.343 e. The summed E-state index contributed by atoms with van der Waals surface area (Å²) in [7, 11) is 0. The van der Waals surface area contributed by atoms with Gasteiger partial charge in [-0.2, -0.15) is 0 Å². The van der Waals surface area contributed by atoms with Crippen molar-refractivity contribution in [2.24, 2.45) is 5.41 Å². The molecule has 22 heavy (non-hydrogen) atoms. The van der Waals surface area contributed by atoms with E-state index in [1.54, 1.807) is 12.1 Å². The van der Waals surface area contributed by atoms with Crippen LogP contribution < -0.4 is 0 Å². The predicted octanol–water partition coefficient (Wildman–Crippen LogP) is 5.27. The lowest BCUT2D eigenvalue weighted by molar-refractivity contribution is -0.113. The fraction of sp³-hybridized carbons (Fsp3) is 0.368. The number of ether oxygens (including phenoxy) is 1. The molecular weight excluding hydrogens is 282 g/mol.